The Labute approximate surface area is 84.1 Å². The summed E-state index contributed by atoms with van der Waals surface area (Å²) in [7, 11) is 3.20. The topological polar surface area (TPSA) is 38.3 Å². The van der Waals surface area contributed by atoms with Gasteiger partial charge in [-0.1, -0.05) is 19.1 Å². The van der Waals surface area contributed by atoms with Crippen LogP contribution in [0.1, 0.15) is 22.8 Å². The van der Waals surface area contributed by atoms with Crippen molar-refractivity contribution in [3.63, 3.8) is 0 Å². The molecule has 0 saturated carbocycles. The molecule has 0 aliphatic rings. The standard InChI is InChI=1S/C11H15NO2/c1-4-8-6-5-7-9(10(8)14-3)11(13)12-2/h5-7H,4H2,1-3H3,(H,12,13). The molecule has 1 aromatic rings. The summed E-state index contributed by atoms with van der Waals surface area (Å²) in [6.07, 6.45) is 0.855. The van der Waals surface area contributed by atoms with Gasteiger partial charge >= 0.3 is 0 Å². The van der Waals surface area contributed by atoms with Crippen LogP contribution in [0, 0.1) is 0 Å². The minimum atomic E-state index is -0.114. The summed E-state index contributed by atoms with van der Waals surface area (Å²) in [6.45, 7) is 2.03. The van der Waals surface area contributed by atoms with Gasteiger partial charge in [0, 0.05) is 7.05 Å². The lowest BCUT2D eigenvalue weighted by Crippen LogP contribution is -2.19. The first-order valence-electron chi connectivity index (χ1n) is 4.62. The molecule has 0 heterocycles. The van der Waals surface area contributed by atoms with Crippen LogP contribution >= 0.6 is 0 Å². The number of aryl methyl sites for hydroxylation is 1. The lowest BCUT2D eigenvalue weighted by Gasteiger charge is -2.10. The molecule has 76 valence electrons. The maximum atomic E-state index is 11.5. The summed E-state index contributed by atoms with van der Waals surface area (Å²) in [6, 6.07) is 5.59. The van der Waals surface area contributed by atoms with Crippen LogP contribution < -0.4 is 10.1 Å². The Balaban J connectivity index is 3.21. The van der Waals surface area contributed by atoms with Crippen molar-refractivity contribution in [2.24, 2.45) is 0 Å². The van der Waals surface area contributed by atoms with Gasteiger partial charge in [-0.2, -0.15) is 0 Å². The van der Waals surface area contributed by atoms with Gasteiger partial charge in [-0.05, 0) is 18.1 Å². The number of hydrogen-bond donors (Lipinski definition) is 1. The molecule has 3 heteroatoms. The number of carbonyl (C=O) groups is 1. The van der Waals surface area contributed by atoms with Crippen molar-refractivity contribution in [1.29, 1.82) is 0 Å². The first-order chi connectivity index (χ1) is 6.74. The normalized spacial score (nSPS) is 9.64. The van der Waals surface area contributed by atoms with E-state index in [1.807, 2.05) is 19.1 Å². The zero-order chi connectivity index (χ0) is 10.6. The van der Waals surface area contributed by atoms with Gasteiger partial charge in [0.2, 0.25) is 0 Å². The van der Waals surface area contributed by atoms with Crippen LogP contribution in [-0.4, -0.2) is 20.1 Å². The molecular weight excluding hydrogens is 178 g/mol. The van der Waals surface area contributed by atoms with Crippen molar-refractivity contribution < 1.29 is 9.53 Å². The zero-order valence-corrected chi connectivity index (χ0v) is 8.76. The highest BCUT2D eigenvalue weighted by molar-refractivity contribution is 5.97. The number of ether oxygens (including phenoxy) is 1. The van der Waals surface area contributed by atoms with Crippen LogP contribution in [0.15, 0.2) is 18.2 Å². The number of benzene rings is 1. The average molecular weight is 193 g/mol. The molecule has 1 amide bonds. The molecule has 0 atom stereocenters. The lowest BCUT2D eigenvalue weighted by atomic mass is 10.1. The molecule has 0 saturated heterocycles. The Bertz CT molecular complexity index is 334. The summed E-state index contributed by atoms with van der Waals surface area (Å²) in [5.41, 5.74) is 1.64. The highest BCUT2D eigenvalue weighted by Crippen LogP contribution is 2.23. The first kappa shape index (κ1) is 10.6. The van der Waals surface area contributed by atoms with E-state index in [1.54, 1.807) is 20.2 Å². The quantitative estimate of drug-likeness (QED) is 0.792. The minimum absolute atomic E-state index is 0.114. The summed E-state index contributed by atoms with van der Waals surface area (Å²) in [5, 5.41) is 2.59. The third-order valence-corrected chi connectivity index (χ3v) is 2.15. The Morgan fingerprint density at radius 2 is 2.21 bits per heavy atom. The van der Waals surface area contributed by atoms with E-state index in [1.165, 1.54) is 0 Å². The zero-order valence-electron chi connectivity index (χ0n) is 8.76. The highest BCUT2D eigenvalue weighted by atomic mass is 16.5. The molecule has 0 unspecified atom stereocenters. The second-order valence-corrected chi connectivity index (χ2v) is 2.93. The maximum Gasteiger partial charge on any atom is 0.254 e. The van der Waals surface area contributed by atoms with Gasteiger partial charge in [-0.15, -0.1) is 0 Å². The third kappa shape index (κ3) is 1.87. The third-order valence-electron chi connectivity index (χ3n) is 2.15. The van der Waals surface area contributed by atoms with Crippen LogP contribution in [0.4, 0.5) is 0 Å². The number of carbonyl (C=O) groups excluding carboxylic acids is 1. The molecule has 0 bridgehead atoms. The van der Waals surface area contributed by atoms with Crippen LogP contribution in [-0.2, 0) is 6.42 Å². The number of para-hydroxylation sites is 1. The average Bonchev–Trinajstić information content (AvgIpc) is 2.26. The van der Waals surface area contributed by atoms with Crippen molar-refractivity contribution in [2.45, 2.75) is 13.3 Å². The van der Waals surface area contributed by atoms with Crippen molar-refractivity contribution in [3.8, 4) is 5.75 Å². The predicted octanol–water partition coefficient (Wildman–Crippen LogP) is 1.62. The van der Waals surface area contributed by atoms with Crippen molar-refractivity contribution >= 4 is 5.91 Å². The first-order valence-corrected chi connectivity index (χ1v) is 4.62. The molecule has 3 nitrogen and oxygen atoms in total. The number of hydrogen-bond acceptors (Lipinski definition) is 2. The number of amides is 1. The van der Waals surface area contributed by atoms with E-state index < -0.39 is 0 Å². The fraction of sp³-hybridized carbons (Fsp3) is 0.364. The van der Waals surface area contributed by atoms with E-state index >= 15 is 0 Å². The predicted molar refractivity (Wildman–Crippen MR) is 55.8 cm³/mol. The highest BCUT2D eigenvalue weighted by Gasteiger charge is 2.12. The van der Waals surface area contributed by atoms with Crippen LogP contribution in [0.5, 0.6) is 5.75 Å². The number of methoxy groups -OCH3 is 1. The van der Waals surface area contributed by atoms with Crippen molar-refractivity contribution in [1.82, 2.24) is 5.32 Å². The monoisotopic (exact) mass is 193 g/mol. The summed E-state index contributed by atoms with van der Waals surface area (Å²) >= 11 is 0. The second-order valence-electron chi connectivity index (χ2n) is 2.93. The van der Waals surface area contributed by atoms with Gasteiger partial charge in [0.25, 0.3) is 5.91 Å². The van der Waals surface area contributed by atoms with Crippen molar-refractivity contribution in [3.05, 3.63) is 29.3 Å². The lowest BCUT2D eigenvalue weighted by molar-refractivity contribution is 0.0960. The fourth-order valence-electron chi connectivity index (χ4n) is 1.42. The van der Waals surface area contributed by atoms with Gasteiger partial charge in [0.05, 0.1) is 12.7 Å². The summed E-state index contributed by atoms with van der Waals surface area (Å²) < 4.78 is 5.23. The molecule has 1 aromatic carbocycles. The van der Waals surface area contributed by atoms with Gasteiger partial charge in [-0.3, -0.25) is 4.79 Å². The molecule has 1 N–H and O–H groups in total. The SMILES string of the molecule is CCc1cccc(C(=O)NC)c1OC. The molecule has 0 fully saturated rings. The van der Waals surface area contributed by atoms with Crippen molar-refractivity contribution in [2.75, 3.05) is 14.2 Å². The Hall–Kier alpha value is -1.51. The molecule has 1 rings (SSSR count). The maximum absolute atomic E-state index is 11.5. The van der Waals surface area contributed by atoms with E-state index in [0.29, 0.717) is 11.3 Å². The Kier molecular flexibility index (Phi) is 3.51. The van der Waals surface area contributed by atoms with E-state index in [2.05, 4.69) is 5.32 Å². The molecular formula is C11H15NO2. The van der Waals surface area contributed by atoms with Crippen LogP contribution in [0.3, 0.4) is 0 Å². The van der Waals surface area contributed by atoms with E-state index in [4.69, 9.17) is 4.74 Å². The molecule has 0 aromatic heterocycles. The molecule has 14 heavy (non-hydrogen) atoms. The van der Waals surface area contributed by atoms with Gasteiger partial charge < -0.3 is 10.1 Å². The number of rotatable bonds is 3. The summed E-state index contributed by atoms with van der Waals surface area (Å²) in [5.74, 6) is 0.562. The van der Waals surface area contributed by atoms with E-state index in [0.717, 1.165) is 12.0 Å². The van der Waals surface area contributed by atoms with E-state index in [9.17, 15) is 4.79 Å². The Morgan fingerprint density at radius 3 is 2.71 bits per heavy atom. The molecule has 0 spiro atoms. The van der Waals surface area contributed by atoms with E-state index in [-0.39, 0.29) is 5.91 Å². The molecule has 0 radical (unpaired) electrons. The molecule has 0 aliphatic heterocycles. The molecule has 0 aliphatic carbocycles. The smallest absolute Gasteiger partial charge is 0.254 e. The fourth-order valence-corrected chi connectivity index (χ4v) is 1.42. The van der Waals surface area contributed by atoms with Gasteiger partial charge in [0.15, 0.2) is 0 Å². The van der Waals surface area contributed by atoms with Gasteiger partial charge in [0.1, 0.15) is 5.75 Å². The number of nitrogens with one attached hydrogen (secondary N) is 1. The Morgan fingerprint density at radius 1 is 1.50 bits per heavy atom. The van der Waals surface area contributed by atoms with Crippen LogP contribution in [0.25, 0.3) is 0 Å². The van der Waals surface area contributed by atoms with Gasteiger partial charge in [-0.25, -0.2) is 0 Å². The largest absolute Gasteiger partial charge is 0.496 e. The minimum Gasteiger partial charge on any atom is -0.496 e. The summed E-state index contributed by atoms with van der Waals surface area (Å²) in [4.78, 5) is 11.5. The second kappa shape index (κ2) is 4.65. The van der Waals surface area contributed by atoms with Crippen LogP contribution in [0.2, 0.25) is 0 Å².